The van der Waals surface area contributed by atoms with Crippen LogP contribution in [-0.2, 0) is 0 Å². The van der Waals surface area contributed by atoms with Crippen molar-refractivity contribution in [1.29, 1.82) is 0 Å². The summed E-state index contributed by atoms with van der Waals surface area (Å²) in [6, 6.07) is 0. The van der Waals surface area contributed by atoms with Crippen molar-refractivity contribution < 1.29 is 0 Å². The van der Waals surface area contributed by atoms with Gasteiger partial charge in [-0.15, -0.1) is 0 Å². The van der Waals surface area contributed by atoms with Gasteiger partial charge in [0, 0.05) is 0 Å². The summed E-state index contributed by atoms with van der Waals surface area (Å²) in [5, 5.41) is 0. The molecule has 0 aromatic heterocycles. The molecular formula is C16H30Sn. The van der Waals surface area contributed by atoms with Crippen LogP contribution < -0.4 is 0 Å². The van der Waals surface area contributed by atoms with Gasteiger partial charge in [0.25, 0.3) is 0 Å². The molecule has 0 amide bonds. The molecule has 17 heavy (non-hydrogen) atoms. The standard InChI is InChI=1S/C13H21.3CH3.Sn/c1-5-7-8-9-13(6-2)11-10-12(3)4;;;;/h11H,5-8H2,1-4H3;3*1H3;. The molecule has 0 aromatic rings. The van der Waals surface area contributed by atoms with Crippen molar-refractivity contribution in [1.82, 2.24) is 0 Å². The van der Waals surface area contributed by atoms with Crippen molar-refractivity contribution >= 4 is 18.4 Å². The van der Waals surface area contributed by atoms with Crippen LogP contribution >= 0.6 is 0 Å². The van der Waals surface area contributed by atoms with E-state index in [1.165, 1.54) is 24.8 Å². The minimum atomic E-state index is -1.93. The first-order chi connectivity index (χ1) is 7.82. The Bertz CT molecular complexity index is 316. The Morgan fingerprint density at radius 1 is 1.12 bits per heavy atom. The SMILES string of the molecule is CCCC/[C](=C(/C=C=C(C)C)CC)[Sn]([CH3])([CH3])[CH3]. The van der Waals surface area contributed by atoms with Crippen LogP contribution in [0.5, 0.6) is 0 Å². The third-order valence-electron chi connectivity index (χ3n) is 2.99. The van der Waals surface area contributed by atoms with Crippen LogP contribution in [0.1, 0.15) is 53.4 Å². The third-order valence-corrected chi connectivity index (χ3v) is 9.79. The van der Waals surface area contributed by atoms with Crippen LogP contribution in [0.15, 0.2) is 26.5 Å². The summed E-state index contributed by atoms with van der Waals surface area (Å²) in [4.78, 5) is 7.60. The Morgan fingerprint density at radius 3 is 2.06 bits per heavy atom. The number of allylic oxidation sites excluding steroid dienone is 3. The minimum absolute atomic E-state index is 1.16. The molecule has 0 radical (unpaired) electrons. The normalized spacial score (nSPS) is 12.9. The van der Waals surface area contributed by atoms with Gasteiger partial charge in [0.2, 0.25) is 0 Å². The molecule has 0 unspecified atom stereocenters. The Labute approximate surface area is 113 Å². The van der Waals surface area contributed by atoms with Crippen molar-refractivity contribution in [2.24, 2.45) is 0 Å². The van der Waals surface area contributed by atoms with Gasteiger partial charge in [-0.25, -0.2) is 0 Å². The van der Waals surface area contributed by atoms with E-state index < -0.39 is 18.4 Å². The van der Waals surface area contributed by atoms with E-state index in [-0.39, 0.29) is 0 Å². The summed E-state index contributed by atoms with van der Waals surface area (Å²) < 4.78 is 1.82. The average molecular weight is 341 g/mol. The zero-order valence-electron chi connectivity index (χ0n) is 12.9. The van der Waals surface area contributed by atoms with E-state index in [1.807, 2.05) is 3.59 Å². The second-order valence-corrected chi connectivity index (χ2v) is 20.6. The predicted octanol–water partition coefficient (Wildman–Crippen LogP) is 5.88. The molecule has 0 spiro atoms. The van der Waals surface area contributed by atoms with Crippen molar-refractivity contribution in [3.05, 3.63) is 26.5 Å². The van der Waals surface area contributed by atoms with Gasteiger partial charge >= 0.3 is 113 Å². The maximum atomic E-state index is 3.39. The summed E-state index contributed by atoms with van der Waals surface area (Å²) in [6.45, 7) is 8.81. The molecule has 0 atom stereocenters. The Balaban J connectivity index is 5.37. The molecule has 0 saturated carbocycles. The van der Waals surface area contributed by atoms with Crippen molar-refractivity contribution in [2.75, 3.05) is 0 Å². The van der Waals surface area contributed by atoms with Gasteiger partial charge in [0.1, 0.15) is 0 Å². The fourth-order valence-corrected chi connectivity index (χ4v) is 8.11. The fourth-order valence-electron chi connectivity index (χ4n) is 2.00. The molecule has 98 valence electrons. The van der Waals surface area contributed by atoms with E-state index in [1.54, 1.807) is 5.57 Å². The number of hydrogen-bond acceptors (Lipinski definition) is 0. The van der Waals surface area contributed by atoms with Gasteiger partial charge in [-0.05, 0) is 0 Å². The van der Waals surface area contributed by atoms with Crippen LogP contribution in [-0.4, -0.2) is 18.4 Å². The molecule has 0 nitrogen and oxygen atoms in total. The van der Waals surface area contributed by atoms with E-state index in [0.29, 0.717) is 0 Å². The van der Waals surface area contributed by atoms with Gasteiger partial charge in [-0.2, -0.15) is 0 Å². The Morgan fingerprint density at radius 2 is 1.71 bits per heavy atom. The zero-order chi connectivity index (χ0) is 13.5. The first-order valence-electron chi connectivity index (χ1n) is 6.95. The molecule has 0 N–H and O–H groups in total. The van der Waals surface area contributed by atoms with Crippen LogP contribution in [0.3, 0.4) is 0 Å². The Kier molecular flexibility index (Phi) is 8.24. The summed E-state index contributed by atoms with van der Waals surface area (Å²) in [5.41, 5.74) is 6.24. The first-order valence-corrected chi connectivity index (χ1v) is 16.9. The summed E-state index contributed by atoms with van der Waals surface area (Å²) >= 11 is -1.93. The number of rotatable bonds is 6. The van der Waals surface area contributed by atoms with Gasteiger partial charge in [-0.3, -0.25) is 0 Å². The van der Waals surface area contributed by atoms with Crippen LogP contribution in [0.2, 0.25) is 14.8 Å². The summed E-state index contributed by atoms with van der Waals surface area (Å²) in [5.74, 6) is 0. The second kappa shape index (κ2) is 8.21. The topological polar surface area (TPSA) is 0 Å². The average Bonchev–Trinajstić information content (AvgIpc) is 2.20. The van der Waals surface area contributed by atoms with E-state index in [2.05, 4.69) is 54.3 Å². The van der Waals surface area contributed by atoms with E-state index >= 15 is 0 Å². The predicted molar refractivity (Wildman–Crippen MR) is 83.1 cm³/mol. The van der Waals surface area contributed by atoms with Gasteiger partial charge in [0.15, 0.2) is 0 Å². The van der Waals surface area contributed by atoms with E-state index in [4.69, 9.17) is 0 Å². The van der Waals surface area contributed by atoms with Crippen LogP contribution in [0.25, 0.3) is 0 Å². The third kappa shape index (κ3) is 7.16. The Hall–Kier alpha value is 0.0587. The molecule has 0 saturated heterocycles. The maximum absolute atomic E-state index is 3.39. The van der Waals surface area contributed by atoms with Crippen LogP contribution in [0, 0.1) is 0 Å². The van der Waals surface area contributed by atoms with Crippen LogP contribution in [0.4, 0.5) is 0 Å². The molecule has 0 aliphatic rings. The van der Waals surface area contributed by atoms with Crippen molar-refractivity contribution in [3.63, 3.8) is 0 Å². The second-order valence-electron chi connectivity index (χ2n) is 6.00. The summed E-state index contributed by atoms with van der Waals surface area (Å²) in [6.07, 6.45) is 7.38. The van der Waals surface area contributed by atoms with Crippen molar-refractivity contribution in [2.45, 2.75) is 68.2 Å². The molecule has 0 aliphatic heterocycles. The molecule has 0 bridgehead atoms. The zero-order valence-corrected chi connectivity index (χ0v) is 15.8. The van der Waals surface area contributed by atoms with E-state index in [9.17, 15) is 0 Å². The van der Waals surface area contributed by atoms with Gasteiger partial charge in [0.05, 0.1) is 0 Å². The van der Waals surface area contributed by atoms with Gasteiger partial charge < -0.3 is 0 Å². The number of hydrogen-bond donors (Lipinski definition) is 0. The number of unbranched alkanes of at least 4 members (excludes halogenated alkanes) is 1. The van der Waals surface area contributed by atoms with Gasteiger partial charge in [-0.1, -0.05) is 0 Å². The molecule has 1 heteroatoms. The summed E-state index contributed by atoms with van der Waals surface area (Å²) in [7, 11) is 0. The molecule has 0 aromatic carbocycles. The molecule has 0 heterocycles. The first kappa shape index (κ1) is 17.1. The molecular weight excluding hydrogens is 311 g/mol. The molecule has 0 fully saturated rings. The quantitative estimate of drug-likeness (QED) is 0.321. The fraction of sp³-hybridized carbons (Fsp3) is 0.688. The van der Waals surface area contributed by atoms with E-state index in [0.717, 1.165) is 6.42 Å². The van der Waals surface area contributed by atoms with Crippen molar-refractivity contribution in [3.8, 4) is 0 Å². The molecule has 0 aliphatic carbocycles. The monoisotopic (exact) mass is 342 g/mol. The molecule has 0 rings (SSSR count).